The zero-order valence-corrected chi connectivity index (χ0v) is 19.8. The molecule has 0 aliphatic carbocycles. The number of aromatic nitrogens is 3. The van der Waals surface area contributed by atoms with E-state index in [4.69, 9.17) is 13.9 Å². The third-order valence-electron chi connectivity index (χ3n) is 5.89. The maximum absolute atomic E-state index is 12.9. The van der Waals surface area contributed by atoms with E-state index in [1.807, 2.05) is 48.7 Å². The standard InChI is InChI=1S/C22H23N3O6S2/c1-13-9-16(14(2)25(13)15-7-8-33(27,28)12-15)17(26)11-32-22-24-23-21(31-22)20-10-29-18-5-3-4-6-19(18)30-20/h3-6,9,15,20H,7-8,10-12H2,1-2H3/t15-,20-/m0/s1. The molecule has 3 aromatic rings. The first kappa shape index (κ1) is 22.0. The Balaban J connectivity index is 1.24. The van der Waals surface area contributed by atoms with Crippen LogP contribution in [0.2, 0.25) is 0 Å². The van der Waals surface area contributed by atoms with Crippen LogP contribution in [0, 0.1) is 13.8 Å². The molecule has 1 fully saturated rings. The van der Waals surface area contributed by atoms with Crippen LogP contribution in [0.15, 0.2) is 40.0 Å². The van der Waals surface area contributed by atoms with E-state index in [0.717, 1.165) is 23.1 Å². The monoisotopic (exact) mass is 489 g/mol. The lowest BCUT2D eigenvalue weighted by molar-refractivity contribution is 0.0686. The Labute approximate surface area is 195 Å². The molecule has 2 aromatic heterocycles. The number of fused-ring (bicyclic) bond motifs is 1. The lowest BCUT2D eigenvalue weighted by Crippen LogP contribution is -2.21. The minimum absolute atomic E-state index is 0.0777. The van der Waals surface area contributed by atoms with Crippen molar-refractivity contribution in [2.24, 2.45) is 0 Å². The molecule has 0 radical (unpaired) electrons. The molecule has 33 heavy (non-hydrogen) atoms. The molecule has 0 N–H and O–H groups in total. The average molecular weight is 490 g/mol. The first-order chi connectivity index (χ1) is 15.8. The van der Waals surface area contributed by atoms with Crippen LogP contribution in [0.5, 0.6) is 11.5 Å². The van der Waals surface area contributed by atoms with E-state index in [1.54, 1.807) is 0 Å². The van der Waals surface area contributed by atoms with Gasteiger partial charge in [0.1, 0.15) is 6.61 Å². The SMILES string of the molecule is Cc1cc(C(=O)CSc2nnc([C@@H]3COc4ccccc4O3)o2)c(C)n1[C@H]1CCS(=O)(=O)C1. The molecule has 0 saturated carbocycles. The van der Waals surface area contributed by atoms with Crippen molar-refractivity contribution in [1.82, 2.24) is 14.8 Å². The quantitative estimate of drug-likeness (QED) is 0.380. The molecule has 4 heterocycles. The first-order valence-electron chi connectivity index (χ1n) is 10.6. The minimum atomic E-state index is -3.01. The zero-order chi connectivity index (χ0) is 23.2. The molecular formula is C22H23N3O6S2. The van der Waals surface area contributed by atoms with Gasteiger partial charge in [-0.15, -0.1) is 10.2 Å². The smallest absolute Gasteiger partial charge is 0.277 e. The number of carbonyl (C=O) groups excluding carboxylic acids is 1. The van der Waals surface area contributed by atoms with Gasteiger partial charge in [-0.1, -0.05) is 23.9 Å². The Hall–Kier alpha value is -2.79. The van der Waals surface area contributed by atoms with Crippen LogP contribution >= 0.6 is 11.8 Å². The Morgan fingerprint density at radius 2 is 2.00 bits per heavy atom. The van der Waals surface area contributed by atoms with Gasteiger partial charge >= 0.3 is 0 Å². The second-order valence-corrected chi connectivity index (χ2v) is 11.3. The molecule has 0 unspecified atom stereocenters. The van der Waals surface area contributed by atoms with E-state index in [1.165, 1.54) is 0 Å². The maximum atomic E-state index is 12.9. The molecule has 174 valence electrons. The summed E-state index contributed by atoms with van der Waals surface area (Å²) < 4.78 is 43.0. The van der Waals surface area contributed by atoms with Crippen LogP contribution in [-0.4, -0.2) is 52.8 Å². The first-order valence-corrected chi connectivity index (χ1v) is 13.4. The van der Waals surface area contributed by atoms with Gasteiger partial charge in [0.2, 0.25) is 6.10 Å². The molecule has 9 nitrogen and oxygen atoms in total. The summed E-state index contributed by atoms with van der Waals surface area (Å²) in [6.07, 6.45) is 0.0579. The summed E-state index contributed by atoms with van der Waals surface area (Å²) in [5, 5.41) is 8.35. The van der Waals surface area contributed by atoms with Crippen molar-refractivity contribution in [3.8, 4) is 11.5 Å². The third kappa shape index (κ3) is 4.39. The minimum Gasteiger partial charge on any atom is -0.485 e. The molecule has 1 saturated heterocycles. The number of ketones is 1. The highest BCUT2D eigenvalue weighted by Gasteiger charge is 2.32. The Kier molecular flexibility index (Phi) is 5.69. The van der Waals surface area contributed by atoms with Crippen LogP contribution in [-0.2, 0) is 9.84 Å². The second kappa shape index (κ2) is 8.53. The van der Waals surface area contributed by atoms with Crippen molar-refractivity contribution >= 4 is 27.4 Å². The Morgan fingerprint density at radius 1 is 1.21 bits per heavy atom. The molecule has 2 aliphatic heterocycles. The molecule has 2 atom stereocenters. The van der Waals surface area contributed by atoms with Crippen LogP contribution in [0.1, 0.15) is 46.2 Å². The summed E-state index contributed by atoms with van der Waals surface area (Å²) in [5.74, 6) is 1.93. The van der Waals surface area contributed by atoms with E-state index >= 15 is 0 Å². The number of nitrogens with zero attached hydrogens (tertiary/aromatic N) is 3. The number of sulfone groups is 1. The van der Waals surface area contributed by atoms with Crippen LogP contribution in [0.25, 0.3) is 0 Å². The zero-order valence-electron chi connectivity index (χ0n) is 18.2. The molecular weight excluding hydrogens is 466 g/mol. The van der Waals surface area contributed by atoms with Crippen molar-refractivity contribution in [1.29, 1.82) is 0 Å². The number of thioether (sulfide) groups is 1. The van der Waals surface area contributed by atoms with E-state index < -0.39 is 15.9 Å². The summed E-state index contributed by atoms with van der Waals surface area (Å²) in [6.45, 7) is 4.01. The summed E-state index contributed by atoms with van der Waals surface area (Å²) in [6, 6.07) is 9.07. The van der Waals surface area contributed by atoms with E-state index in [2.05, 4.69) is 10.2 Å². The lowest BCUT2D eigenvalue weighted by atomic mass is 10.2. The maximum Gasteiger partial charge on any atom is 0.277 e. The number of ether oxygens (including phenoxy) is 2. The number of hydrogen-bond donors (Lipinski definition) is 0. The Morgan fingerprint density at radius 3 is 2.76 bits per heavy atom. The summed E-state index contributed by atoms with van der Waals surface area (Å²) in [4.78, 5) is 12.9. The average Bonchev–Trinajstić information content (AvgIpc) is 3.49. The highest BCUT2D eigenvalue weighted by atomic mass is 32.2. The fourth-order valence-corrected chi connectivity index (χ4v) is 6.71. The van der Waals surface area contributed by atoms with E-state index in [9.17, 15) is 13.2 Å². The van der Waals surface area contributed by atoms with Gasteiger partial charge in [-0.25, -0.2) is 8.42 Å². The predicted molar refractivity (Wildman–Crippen MR) is 121 cm³/mol. The van der Waals surface area contributed by atoms with E-state index in [0.29, 0.717) is 29.4 Å². The number of aryl methyl sites for hydroxylation is 1. The highest BCUT2D eigenvalue weighted by molar-refractivity contribution is 7.99. The van der Waals surface area contributed by atoms with Crippen molar-refractivity contribution in [3.63, 3.8) is 0 Å². The van der Waals surface area contributed by atoms with Gasteiger partial charge in [0.25, 0.3) is 11.1 Å². The van der Waals surface area contributed by atoms with Gasteiger partial charge in [-0.2, -0.15) is 0 Å². The van der Waals surface area contributed by atoms with Gasteiger partial charge in [0.05, 0.1) is 17.3 Å². The molecule has 0 spiro atoms. The highest BCUT2D eigenvalue weighted by Crippen LogP contribution is 2.36. The fraction of sp³-hybridized carbons (Fsp3) is 0.409. The molecule has 1 aromatic carbocycles. The van der Waals surface area contributed by atoms with Crippen LogP contribution < -0.4 is 9.47 Å². The molecule has 0 amide bonds. The van der Waals surface area contributed by atoms with Gasteiger partial charge < -0.3 is 18.5 Å². The summed E-state index contributed by atoms with van der Waals surface area (Å²) in [5.41, 5.74) is 2.26. The van der Waals surface area contributed by atoms with Gasteiger partial charge in [-0.3, -0.25) is 4.79 Å². The number of Topliss-reactive ketones (excluding diaryl/α,β-unsaturated/α-hetero) is 1. The van der Waals surface area contributed by atoms with Crippen molar-refractivity contribution < 1.29 is 27.1 Å². The third-order valence-corrected chi connectivity index (χ3v) is 8.46. The predicted octanol–water partition coefficient (Wildman–Crippen LogP) is 3.34. The van der Waals surface area contributed by atoms with Crippen molar-refractivity contribution in [3.05, 3.63) is 53.2 Å². The van der Waals surface area contributed by atoms with Gasteiger partial charge in [0.15, 0.2) is 27.1 Å². The molecule has 5 rings (SSSR count). The van der Waals surface area contributed by atoms with Gasteiger partial charge in [0, 0.05) is 23.0 Å². The lowest BCUT2D eigenvalue weighted by Gasteiger charge is -2.23. The summed E-state index contributed by atoms with van der Waals surface area (Å²) in [7, 11) is -3.01. The van der Waals surface area contributed by atoms with Crippen LogP contribution in [0.3, 0.4) is 0 Å². The second-order valence-electron chi connectivity index (χ2n) is 8.19. The largest absolute Gasteiger partial charge is 0.485 e. The Bertz CT molecular complexity index is 1310. The van der Waals surface area contributed by atoms with Crippen LogP contribution in [0.4, 0.5) is 0 Å². The molecule has 11 heteroatoms. The number of rotatable bonds is 6. The topological polar surface area (TPSA) is 114 Å². The molecule has 0 bridgehead atoms. The number of carbonyl (C=O) groups is 1. The number of hydrogen-bond acceptors (Lipinski definition) is 9. The molecule has 2 aliphatic rings. The summed E-state index contributed by atoms with van der Waals surface area (Å²) >= 11 is 1.16. The number of para-hydroxylation sites is 2. The number of benzene rings is 1. The fourth-order valence-electron chi connectivity index (χ4n) is 4.36. The van der Waals surface area contributed by atoms with E-state index in [-0.39, 0.29) is 40.9 Å². The van der Waals surface area contributed by atoms with Crippen molar-refractivity contribution in [2.75, 3.05) is 23.9 Å². The van der Waals surface area contributed by atoms with Crippen molar-refractivity contribution in [2.45, 2.75) is 37.6 Å². The normalized spacial score (nSPS) is 21.3. The van der Waals surface area contributed by atoms with Gasteiger partial charge in [-0.05, 0) is 38.5 Å².